The molecule has 11 heavy (non-hydrogen) atoms. The predicted molar refractivity (Wildman–Crippen MR) is 48.5 cm³/mol. The SMILES string of the molecule is CCN1CCCC(C(C)N)C1. The van der Waals surface area contributed by atoms with Crippen LogP contribution in [0.25, 0.3) is 0 Å². The molecule has 0 aliphatic carbocycles. The molecule has 0 radical (unpaired) electrons. The molecule has 2 unspecified atom stereocenters. The van der Waals surface area contributed by atoms with Crippen LogP contribution < -0.4 is 5.73 Å². The third kappa shape index (κ3) is 2.46. The van der Waals surface area contributed by atoms with Gasteiger partial charge in [0.1, 0.15) is 0 Å². The highest BCUT2D eigenvalue weighted by Crippen LogP contribution is 2.17. The van der Waals surface area contributed by atoms with Gasteiger partial charge in [0.25, 0.3) is 0 Å². The normalized spacial score (nSPS) is 30.3. The lowest BCUT2D eigenvalue weighted by molar-refractivity contribution is 0.168. The number of piperidine rings is 1. The number of hydrogen-bond acceptors (Lipinski definition) is 2. The molecule has 0 saturated carbocycles. The highest BCUT2D eigenvalue weighted by Gasteiger charge is 2.20. The van der Waals surface area contributed by atoms with Crippen LogP contribution in [-0.2, 0) is 0 Å². The van der Waals surface area contributed by atoms with Gasteiger partial charge >= 0.3 is 0 Å². The molecule has 2 atom stereocenters. The van der Waals surface area contributed by atoms with Crippen molar-refractivity contribution in [1.82, 2.24) is 4.90 Å². The molecular weight excluding hydrogens is 136 g/mol. The molecule has 2 N–H and O–H groups in total. The molecule has 0 amide bonds. The first-order chi connectivity index (χ1) is 5.24. The summed E-state index contributed by atoms with van der Waals surface area (Å²) in [4.78, 5) is 2.50. The van der Waals surface area contributed by atoms with E-state index in [0.29, 0.717) is 6.04 Å². The lowest BCUT2D eigenvalue weighted by Gasteiger charge is -2.33. The van der Waals surface area contributed by atoms with Gasteiger partial charge in [-0.25, -0.2) is 0 Å². The van der Waals surface area contributed by atoms with E-state index >= 15 is 0 Å². The molecule has 2 heteroatoms. The maximum absolute atomic E-state index is 5.86. The summed E-state index contributed by atoms with van der Waals surface area (Å²) in [6.07, 6.45) is 2.66. The Hall–Kier alpha value is -0.0800. The van der Waals surface area contributed by atoms with E-state index < -0.39 is 0 Å². The second-order valence-electron chi connectivity index (χ2n) is 3.65. The van der Waals surface area contributed by atoms with Crippen molar-refractivity contribution in [2.45, 2.75) is 32.7 Å². The van der Waals surface area contributed by atoms with Crippen LogP contribution in [0.1, 0.15) is 26.7 Å². The zero-order chi connectivity index (χ0) is 8.27. The zero-order valence-corrected chi connectivity index (χ0v) is 7.71. The lowest BCUT2D eigenvalue weighted by Crippen LogP contribution is -2.42. The van der Waals surface area contributed by atoms with E-state index in [2.05, 4.69) is 18.7 Å². The van der Waals surface area contributed by atoms with Crippen LogP contribution in [0.15, 0.2) is 0 Å². The summed E-state index contributed by atoms with van der Waals surface area (Å²) in [5.74, 6) is 0.740. The lowest BCUT2D eigenvalue weighted by atomic mass is 9.92. The minimum atomic E-state index is 0.379. The van der Waals surface area contributed by atoms with Crippen molar-refractivity contribution < 1.29 is 0 Å². The van der Waals surface area contributed by atoms with E-state index in [1.165, 1.54) is 32.5 Å². The van der Waals surface area contributed by atoms with Gasteiger partial charge in [-0.2, -0.15) is 0 Å². The Labute approximate surface area is 69.8 Å². The molecule has 66 valence electrons. The second-order valence-corrected chi connectivity index (χ2v) is 3.65. The standard InChI is InChI=1S/C9H20N2/c1-3-11-6-4-5-9(7-11)8(2)10/h8-9H,3-7,10H2,1-2H3. The van der Waals surface area contributed by atoms with E-state index in [1.54, 1.807) is 0 Å². The van der Waals surface area contributed by atoms with Gasteiger partial charge < -0.3 is 10.6 Å². The van der Waals surface area contributed by atoms with Gasteiger partial charge in [-0.1, -0.05) is 6.92 Å². The van der Waals surface area contributed by atoms with Gasteiger partial charge in [-0.3, -0.25) is 0 Å². The third-order valence-corrected chi connectivity index (χ3v) is 2.73. The number of nitrogens with two attached hydrogens (primary N) is 1. The van der Waals surface area contributed by atoms with Crippen molar-refractivity contribution in [3.05, 3.63) is 0 Å². The molecule has 0 spiro atoms. The van der Waals surface area contributed by atoms with Gasteiger partial charge in [0.2, 0.25) is 0 Å². The first kappa shape index (κ1) is 9.01. The largest absolute Gasteiger partial charge is 0.328 e. The maximum atomic E-state index is 5.86. The van der Waals surface area contributed by atoms with Crippen molar-refractivity contribution in [2.75, 3.05) is 19.6 Å². The van der Waals surface area contributed by atoms with Crippen molar-refractivity contribution in [1.29, 1.82) is 0 Å². The van der Waals surface area contributed by atoms with Crippen molar-refractivity contribution in [3.8, 4) is 0 Å². The first-order valence-electron chi connectivity index (χ1n) is 4.72. The third-order valence-electron chi connectivity index (χ3n) is 2.73. The average molecular weight is 156 g/mol. The van der Waals surface area contributed by atoms with Crippen LogP contribution in [0.3, 0.4) is 0 Å². The van der Waals surface area contributed by atoms with Crippen LogP contribution in [0.4, 0.5) is 0 Å². The molecule has 2 nitrogen and oxygen atoms in total. The van der Waals surface area contributed by atoms with Crippen LogP contribution in [-0.4, -0.2) is 30.6 Å². The molecule has 0 aromatic heterocycles. The monoisotopic (exact) mass is 156 g/mol. The molecule has 0 bridgehead atoms. The summed E-state index contributed by atoms with van der Waals surface area (Å²) in [5.41, 5.74) is 5.86. The fraction of sp³-hybridized carbons (Fsp3) is 1.00. The molecule has 1 fully saturated rings. The Balaban J connectivity index is 2.33. The molecule has 1 heterocycles. The van der Waals surface area contributed by atoms with Gasteiger partial charge in [-0.05, 0) is 38.8 Å². The Morgan fingerprint density at radius 3 is 2.91 bits per heavy atom. The van der Waals surface area contributed by atoms with Crippen LogP contribution in [0.2, 0.25) is 0 Å². The minimum absolute atomic E-state index is 0.379. The number of hydrogen-bond donors (Lipinski definition) is 1. The molecular formula is C9H20N2. The molecule has 1 aliphatic rings. The number of likely N-dealkylation sites (tertiary alicyclic amines) is 1. The Morgan fingerprint density at radius 1 is 1.64 bits per heavy atom. The van der Waals surface area contributed by atoms with Crippen molar-refractivity contribution in [3.63, 3.8) is 0 Å². The first-order valence-corrected chi connectivity index (χ1v) is 4.72. The van der Waals surface area contributed by atoms with Gasteiger partial charge in [-0.15, -0.1) is 0 Å². The summed E-state index contributed by atoms with van der Waals surface area (Å²) in [7, 11) is 0. The maximum Gasteiger partial charge on any atom is 0.00509 e. The number of nitrogens with zero attached hydrogens (tertiary/aromatic N) is 1. The Bertz CT molecular complexity index is 112. The average Bonchev–Trinajstić information content (AvgIpc) is 2.05. The fourth-order valence-electron chi connectivity index (χ4n) is 1.81. The van der Waals surface area contributed by atoms with E-state index in [0.717, 1.165) is 5.92 Å². The van der Waals surface area contributed by atoms with Crippen molar-refractivity contribution >= 4 is 0 Å². The Morgan fingerprint density at radius 2 is 2.36 bits per heavy atom. The van der Waals surface area contributed by atoms with Gasteiger partial charge in [0.05, 0.1) is 0 Å². The highest BCUT2D eigenvalue weighted by atomic mass is 15.1. The van der Waals surface area contributed by atoms with E-state index in [9.17, 15) is 0 Å². The summed E-state index contributed by atoms with van der Waals surface area (Å²) < 4.78 is 0. The summed E-state index contributed by atoms with van der Waals surface area (Å²) in [6.45, 7) is 8.03. The van der Waals surface area contributed by atoms with Crippen LogP contribution in [0.5, 0.6) is 0 Å². The summed E-state index contributed by atoms with van der Waals surface area (Å²) in [6, 6.07) is 0.379. The van der Waals surface area contributed by atoms with E-state index in [1.807, 2.05) is 0 Å². The highest BCUT2D eigenvalue weighted by molar-refractivity contribution is 4.77. The molecule has 1 aliphatic heterocycles. The minimum Gasteiger partial charge on any atom is -0.328 e. The summed E-state index contributed by atoms with van der Waals surface area (Å²) >= 11 is 0. The van der Waals surface area contributed by atoms with Gasteiger partial charge in [0, 0.05) is 12.6 Å². The van der Waals surface area contributed by atoms with Crippen LogP contribution >= 0.6 is 0 Å². The van der Waals surface area contributed by atoms with Crippen LogP contribution in [0, 0.1) is 5.92 Å². The van der Waals surface area contributed by atoms with Gasteiger partial charge in [0.15, 0.2) is 0 Å². The fourth-order valence-corrected chi connectivity index (χ4v) is 1.81. The quantitative estimate of drug-likeness (QED) is 0.648. The molecule has 0 aromatic rings. The summed E-state index contributed by atoms with van der Waals surface area (Å²) in [5, 5.41) is 0. The molecule has 1 rings (SSSR count). The predicted octanol–water partition coefficient (Wildman–Crippen LogP) is 1.07. The Kier molecular flexibility index (Phi) is 3.34. The molecule has 1 saturated heterocycles. The smallest absolute Gasteiger partial charge is 0.00509 e. The zero-order valence-electron chi connectivity index (χ0n) is 7.71. The topological polar surface area (TPSA) is 29.3 Å². The van der Waals surface area contributed by atoms with E-state index in [4.69, 9.17) is 5.73 Å². The second kappa shape index (κ2) is 4.07. The van der Waals surface area contributed by atoms with E-state index in [-0.39, 0.29) is 0 Å². The van der Waals surface area contributed by atoms with Crippen molar-refractivity contribution in [2.24, 2.45) is 11.7 Å². The molecule has 0 aromatic carbocycles. The number of rotatable bonds is 2.